The van der Waals surface area contributed by atoms with Gasteiger partial charge in [0.15, 0.2) is 6.04 Å². The Morgan fingerprint density at radius 2 is 2.25 bits per heavy atom. The fourth-order valence-electron chi connectivity index (χ4n) is 1.24. The van der Waals surface area contributed by atoms with E-state index >= 15 is 0 Å². The van der Waals surface area contributed by atoms with Crippen molar-refractivity contribution < 1.29 is 19.8 Å². The summed E-state index contributed by atoms with van der Waals surface area (Å²) < 4.78 is 1.46. The Bertz CT molecular complexity index is 413. The van der Waals surface area contributed by atoms with Gasteiger partial charge in [0.05, 0.1) is 17.9 Å². The van der Waals surface area contributed by atoms with Crippen LogP contribution in [0.2, 0.25) is 0 Å². The van der Waals surface area contributed by atoms with Crippen LogP contribution in [0.3, 0.4) is 0 Å². The van der Waals surface area contributed by atoms with E-state index in [0.717, 1.165) is 0 Å². The summed E-state index contributed by atoms with van der Waals surface area (Å²) in [6.07, 6.45) is 1.49. The first kappa shape index (κ1) is 12.2. The van der Waals surface area contributed by atoms with Gasteiger partial charge in [0.25, 0.3) is 5.91 Å². The lowest BCUT2D eigenvalue weighted by atomic mass is 10.2. The zero-order chi connectivity index (χ0) is 12.3. The fourth-order valence-corrected chi connectivity index (χ4v) is 1.24. The molecule has 0 spiro atoms. The summed E-state index contributed by atoms with van der Waals surface area (Å²) in [7, 11) is 1.66. The normalized spacial score (nSPS) is 12.2. The minimum Gasteiger partial charge on any atom is -0.480 e. The maximum absolute atomic E-state index is 11.6. The van der Waals surface area contributed by atoms with Crippen molar-refractivity contribution in [1.29, 1.82) is 0 Å². The van der Waals surface area contributed by atoms with Gasteiger partial charge in [0.1, 0.15) is 0 Å². The molecule has 0 saturated heterocycles. The molecule has 1 amide bonds. The zero-order valence-corrected chi connectivity index (χ0v) is 8.97. The summed E-state index contributed by atoms with van der Waals surface area (Å²) >= 11 is 0. The van der Waals surface area contributed by atoms with Crippen molar-refractivity contribution in [2.45, 2.75) is 13.0 Å². The van der Waals surface area contributed by atoms with E-state index in [-0.39, 0.29) is 0 Å². The molecule has 7 nitrogen and oxygen atoms in total. The molecule has 0 aliphatic rings. The molecule has 16 heavy (non-hydrogen) atoms. The van der Waals surface area contributed by atoms with E-state index in [1.54, 1.807) is 14.0 Å². The van der Waals surface area contributed by atoms with Crippen LogP contribution in [-0.2, 0) is 11.8 Å². The van der Waals surface area contributed by atoms with Gasteiger partial charge in [-0.3, -0.25) is 9.48 Å². The van der Waals surface area contributed by atoms with Crippen LogP contribution >= 0.6 is 0 Å². The third-order valence-electron chi connectivity index (χ3n) is 2.04. The van der Waals surface area contributed by atoms with Crippen LogP contribution in [0.5, 0.6) is 0 Å². The second-order valence-corrected chi connectivity index (χ2v) is 3.35. The van der Waals surface area contributed by atoms with Crippen LogP contribution in [0, 0.1) is 6.92 Å². The molecule has 1 heterocycles. The Kier molecular flexibility index (Phi) is 3.62. The third kappa shape index (κ3) is 2.57. The van der Waals surface area contributed by atoms with Crippen molar-refractivity contribution in [1.82, 2.24) is 15.1 Å². The van der Waals surface area contributed by atoms with E-state index in [9.17, 15) is 9.59 Å². The highest BCUT2D eigenvalue weighted by molar-refractivity contribution is 5.97. The summed E-state index contributed by atoms with van der Waals surface area (Å²) in [6.45, 7) is 0.990. The average Bonchev–Trinajstić information content (AvgIpc) is 2.53. The molecule has 0 saturated carbocycles. The standard InChI is InChI=1S/C9H13N3O4/c1-5-6(3-12(2)11-5)8(14)10-7(4-13)9(15)16/h3,7,13H,4H2,1-2H3,(H,10,14)(H,15,16). The van der Waals surface area contributed by atoms with Crippen molar-refractivity contribution in [2.24, 2.45) is 7.05 Å². The molecule has 0 bridgehead atoms. The quantitative estimate of drug-likeness (QED) is 0.606. The van der Waals surface area contributed by atoms with Gasteiger partial charge in [-0.25, -0.2) is 4.79 Å². The number of carboxylic acids is 1. The smallest absolute Gasteiger partial charge is 0.328 e. The van der Waals surface area contributed by atoms with Gasteiger partial charge in [-0.1, -0.05) is 0 Å². The largest absolute Gasteiger partial charge is 0.480 e. The van der Waals surface area contributed by atoms with Crippen molar-refractivity contribution in [3.8, 4) is 0 Å². The Labute approximate surface area is 91.7 Å². The van der Waals surface area contributed by atoms with Gasteiger partial charge in [-0.05, 0) is 6.92 Å². The van der Waals surface area contributed by atoms with Gasteiger partial charge in [0, 0.05) is 13.2 Å². The number of aryl methyl sites for hydroxylation is 2. The lowest BCUT2D eigenvalue weighted by molar-refractivity contribution is -0.140. The topological polar surface area (TPSA) is 104 Å². The lowest BCUT2D eigenvalue weighted by Crippen LogP contribution is -2.43. The highest BCUT2D eigenvalue weighted by Gasteiger charge is 2.21. The van der Waals surface area contributed by atoms with Crippen molar-refractivity contribution >= 4 is 11.9 Å². The first-order valence-electron chi connectivity index (χ1n) is 4.60. The molecule has 0 fully saturated rings. The van der Waals surface area contributed by atoms with Gasteiger partial charge in [0.2, 0.25) is 0 Å². The number of carbonyl (C=O) groups is 2. The lowest BCUT2D eigenvalue weighted by Gasteiger charge is -2.10. The van der Waals surface area contributed by atoms with Gasteiger partial charge in [-0.15, -0.1) is 0 Å². The second-order valence-electron chi connectivity index (χ2n) is 3.35. The van der Waals surface area contributed by atoms with Crippen LogP contribution in [0.1, 0.15) is 16.1 Å². The number of amides is 1. The number of rotatable bonds is 4. The Balaban J connectivity index is 2.79. The van der Waals surface area contributed by atoms with Gasteiger partial charge < -0.3 is 15.5 Å². The van der Waals surface area contributed by atoms with E-state index in [2.05, 4.69) is 10.4 Å². The molecule has 0 aliphatic carbocycles. The van der Waals surface area contributed by atoms with E-state index in [0.29, 0.717) is 11.3 Å². The highest BCUT2D eigenvalue weighted by atomic mass is 16.4. The number of nitrogens with one attached hydrogen (secondary N) is 1. The van der Waals surface area contributed by atoms with Crippen molar-refractivity contribution in [3.63, 3.8) is 0 Å². The number of carboxylic acid groups (broad SMARTS) is 1. The SMILES string of the molecule is Cc1nn(C)cc1C(=O)NC(CO)C(=O)O. The predicted molar refractivity (Wildman–Crippen MR) is 53.9 cm³/mol. The number of aliphatic hydroxyl groups excluding tert-OH is 1. The molecular weight excluding hydrogens is 214 g/mol. The van der Waals surface area contributed by atoms with Gasteiger partial charge in [-0.2, -0.15) is 5.10 Å². The second kappa shape index (κ2) is 4.75. The van der Waals surface area contributed by atoms with Crippen LogP contribution in [0.25, 0.3) is 0 Å². The molecule has 0 aromatic carbocycles. The molecule has 1 rings (SSSR count). The summed E-state index contributed by atoms with van der Waals surface area (Å²) in [5, 5.41) is 23.5. The number of hydrogen-bond donors (Lipinski definition) is 3. The van der Waals surface area contributed by atoms with Crippen molar-refractivity contribution in [2.75, 3.05) is 6.61 Å². The minimum atomic E-state index is -1.30. The molecule has 1 aromatic rings. The van der Waals surface area contributed by atoms with E-state index in [1.165, 1.54) is 10.9 Å². The minimum absolute atomic E-state index is 0.294. The molecule has 1 unspecified atom stereocenters. The summed E-state index contributed by atoms with van der Waals surface area (Å²) in [4.78, 5) is 22.2. The number of nitrogens with zero attached hydrogens (tertiary/aromatic N) is 2. The van der Waals surface area contributed by atoms with Gasteiger partial charge >= 0.3 is 5.97 Å². The van der Waals surface area contributed by atoms with Crippen LogP contribution in [0.15, 0.2) is 6.20 Å². The van der Waals surface area contributed by atoms with Crippen LogP contribution in [-0.4, -0.2) is 44.5 Å². The number of aliphatic hydroxyl groups is 1. The molecule has 0 aliphatic heterocycles. The fraction of sp³-hybridized carbons (Fsp3) is 0.444. The monoisotopic (exact) mass is 227 g/mol. The van der Waals surface area contributed by atoms with Crippen LogP contribution in [0.4, 0.5) is 0 Å². The summed E-state index contributed by atoms with van der Waals surface area (Å²) in [6, 6.07) is -1.30. The molecule has 1 atom stereocenters. The van der Waals surface area contributed by atoms with E-state index in [4.69, 9.17) is 10.2 Å². The maximum atomic E-state index is 11.6. The Morgan fingerprint density at radius 3 is 2.62 bits per heavy atom. The number of aromatic nitrogens is 2. The van der Waals surface area contributed by atoms with E-state index in [1.807, 2.05) is 0 Å². The van der Waals surface area contributed by atoms with Crippen LogP contribution < -0.4 is 5.32 Å². The molecule has 1 aromatic heterocycles. The Morgan fingerprint density at radius 1 is 1.62 bits per heavy atom. The first-order valence-corrected chi connectivity index (χ1v) is 4.60. The average molecular weight is 227 g/mol. The number of aliphatic carboxylic acids is 1. The summed E-state index contributed by atoms with van der Waals surface area (Å²) in [5.41, 5.74) is 0.796. The van der Waals surface area contributed by atoms with Crippen molar-refractivity contribution in [3.05, 3.63) is 17.5 Å². The predicted octanol–water partition coefficient (Wildman–Crippen LogP) is -1.10. The zero-order valence-electron chi connectivity index (χ0n) is 8.97. The Hall–Kier alpha value is -1.89. The van der Waals surface area contributed by atoms with E-state index < -0.39 is 24.5 Å². The molecule has 88 valence electrons. The summed E-state index contributed by atoms with van der Waals surface area (Å²) in [5.74, 6) is -1.84. The maximum Gasteiger partial charge on any atom is 0.328 e. The highest BCUT2D eigenvalue weighted by Crippen LogP contribution is 2.04. The third-order valence-corrected chi connectivity index (χ3v) is 2.04. The molecule has 7 heteroatoms. The number of hydrogen-bond acceptors (Lipinski definition) is 4. The molecule has 3 N–H and O–H groups in total. The molecule has 0 radical (unpaired) electrons. The molecular formula is C9H13N3O4. The first-order chi connectivity index (χ1) is 7.45. The number of carbonyl (C=O) groups excluding carboxylic acids is 1.